The Bertz CT molecular complexity index is 1170. The molecule has 3 aromatic rings. The maximum absolute atomic E-state index is 13.5. The average molecular weight is 390 g/mol. The number of amides is 1. The summed E-state index contributed by atoms with van der Waals surface area (Å²) in [6, 6.07) is 15.1. The largest absolute Gasteiger partial charge is 0.465 e. The molecule has 2 aromatic carbocycles. The van der Waals surface area contributed by atoms with Crippen molar-refractivity contribution in [3.05, 3.63) is 70.3 Å². The SMILES string of the molecule is C[C@@H](c1nc2cccc(C#N)c2c(=O)n1-c1ccccc1)N(C(=O)O)C(C)(C)C. The van der Waals surface area contributed by atoms with Gasteiger partial charge in [0.2, 0.25) is 0 Å². The van der Waals surface area contributed by atoms with E-state index in [0.717, 1.165) is 0 Å². The number of rotatable bonds is 3. The maximum atomic E-state index is 13.5. The average Bonchev–Trinajstić information content (AvgIpc) is 2.66. The van der Waals surface area contributed by atoms with E-state index in [4.69, 9.17) is 0 Å². The number of aromatic nitrogens is 2. The molecule has 1 heterocycles. The molecule has 0 radical (unpaired) electrons. The van der Waals surface area contributed by atoms with Crippen molar-refractivity contribution in [2.24, 2.45) is 0 Å². The van der Waals surface area contributed by atoms with Crippen LogP contribution in [0, 0.1) is 11.3 Å². The van der Waals surface area contributed by atoms with Crippen molar-refractivity contribution in [1.82, 2.24) is 14.5 Å². The molecule has 7 heteroatoms. The lowest BCUT2D eigenvalue weighted by atomic mass is 10.0. The van der Waals surface area contributed by atoms with Gasteiger partial charge in [-0.05, 0) is 52.0 Å². The highest BCUT2D eigenvalue weighted by Gasteiger charge is 2.34. The Morgan fingerprint density at radius 2 is 1.83 bits per heavy atom. The first kappa shape index (κ1) is 20.1. The van der Waals surface area contributed by atoms with Gasteiger partial charge in [0.15, 0.2) is 0 Å². The molecule has 0 aliphatic rings. The van der Waals surface area contributed by atoms with Crippen LogP contribution in [0.5, 0.6) is 0 Å². The molecule has 0 fully saturated rings. The first-order chi connectivity index (χ1) is 13.7. The van der Waals surface area contributed by atoms with Crippen molar-refractivity contribution in [1.29, 1.82) is 5.26 Å². The third-order valence-electron chi connectivity index (χ3n) is 4.75. The van der Waals surface area contributed by atoms with Crippen LogP contribution in [0.1, 0.15) is 45.1 Å². The van der Waals surface area contributed by atoms with Crippen molar-refractivity contribution >= 4 is 17.0 Å². The van der Waals surface area contributed by atoms with Gasteiger partial charge < -0.3 is 5.11 Å². The fourth-order valence-electron chi connectivity index (χ4n) is 3.60. The summed E-state index contributed by atoms with van der Waals surface area (Å²) in [5, 5.41) is 19.5. The van der Waals surface area contributed by atoms with E-state index in [9.17, 15) is 20.0 Å². The Balaban J connectivity index is 2.42. The van der Waals surface area contributed by atoms with E-state index in [-0.39, 0.29) is 10.9 Å². The molecule has 1 aromatic heterocycles. The molecule has 3 rings (SSSR count). The number of hydrogen-bond acceptors (Lipinski definition) is 4. The van der Waals surface area contributed by atoms with Gasteiger partial charge in [-0.15, -0.1) is 0 Å². The Morgan fingerprint density at radius 1 is 1.17 bits per heavy atom. The predicted octanol–water partition coefficient (Wildman–Crippen LogP) is 4.10. The van der Waals surface area contributed by atoms with E-state index in [1.807, 2.05) is 12.1 Å². The zero-order valence-electron chi connectivity index (χ0n) is 16.7. The fraction of sp³-hybridized carbons (Fsp3) is 0.273. The first-order valence-electron chi connectivity index (χ1n) is 9.20. The predicted molar refractivity (Wildman–Crippen MR) is 110 cm³/mol. The number of benzene rings is 2. The van der Waals surface area contributed by atoms with Gasteiger partial charge in [-0.25, -0.2) is 9.78 Å². The molecule has 1 atom stereocenters. The van der Waals surface area contributed by atoms with Gasteiger partial charge in [0.1, 0.15) is 11.9 Å². The van der Waals surface area contributed by atoms with Crippen molar-refractivity contribution in [3.8, 4) is 11.8 Å². The Labute approximate surface area is 168 Å². The molecular weight excluding hydrogens is 368 g/mol. The van der Waals surface area contributed by atoms with Crippen LogP contribution in [-0.2, 0) is 0 Å². The maximum Gasteiger partial charge on any atom is 0.408 e. The second kappa shape index (κ2) is 7.40. The zero-order valence-corrected chi connectivity index (χ0v) is 16.7. The van der Waals surface area contributed by atoms with Crippen LogP contribution in [0.3, 0.4) is 0 Å². The summed E-state index contributed by atoms with van der Waals surface area (Å²) in [7, 11) is 0. The number of para-hydroxylation sites is 1. The van der Waals surface area contributed by atoms with Gasteiger partial charge in [0.25, 0.3) is 5.56 Å². The van der Waals surface area contributed by atoms with Crippen molar-refractivity contribution in [3.63, 3.8) is 0 Å². The molecule has 0 saturated heterocycles. The van der Waals surface area contributed by atoms with Crippen LogP contribution in [0.2, 0.25) is 0 Å². The second-order valence-electron chi connectivity index (χ2n) is 7.76. The number of carboxylic acid groups (broad SMARTS) is 1. The van der Waals surface area contributed by atoms with E-state index in [1.54, 1.807) is 70.2 Å². The summed E-state index contributed by atoms with van der Waals surface area (Å²) < 4.78 is 1.40. The molecular formula is C22H22N4O3. The molecule has 0 spiro atoms. The Morgan fingerprint density at radius 3 is 2.38 bits per heavy atom. The van der Waals surface area contributed by atoms with Crippen molar-refractivity contribution in [2.75, 3.05) is 0 Å². The van der Waals surface area contributed by atoms with Gasteiger partial charge >= 0.3 is 6.09 Å². The van der Waals surface area contributed by atoms with Crippen LogP contribution in [-0.4, -0.2) is 31.2 Å². The van der Waals surface area contributed by atoms with Crippen molar-refractivity contribution < 1.29 is 9.90 Å². The van der Waals surface area contributed by atoms with Crippen molar-refractivity contribution in [2.45, 2.75) is 39.3 Å². The topological polar surface area (TPSA) is 99.2 Å². The van der Waals surface area contributed by atoms with Crippen LogP contribution < -0.4 is 5.56 Å². The lowest BCUT2D eigenvalue weighted by Crippen LogP contribution is -2.47. The van der Waals surface area contributed by atoms with E-state index in [1.165, 1.54) is 9.47 Å². The molecule has 0 saturated carbocycles. The number of fused-ring (bicyclic) bond motifs is 1. The summed E-state index contributed by atoms with van der Waals surface area (Å²) in [5.74, 6) is 0.293. The van der Waals surface area contributed by atoms with Gasteiger partial charge in [-0.3, -0.25) is 14.3 Å². The molecule has 0 bridgehead atoms. The third-order valence-corrected chi connectivity index (χ3v) is 4.75. The lowest BCUT2D eigenvalue weighted by molar-refractivity contribution is 0.0719. The third kappa shape index (κ3) is 3.57. The highest BCUT2D eigenvalue weighted by atomic mass is 16.4. The molecule has 29 heavy (non-hydrogen) atoms. The van der Waals surface area contributed by atoms with E-state index in [2.05, 4.69) is 4.98 Å². The van der Waals surface area contributed by atoms with Crippen LogP contribution >= 0.6 is 0 Å². The quantitative estimate of drug-likeness (QED) is 0.726. The summed E-state index contributed by atoms with van der Waals surface area (Å²) in [6.45, 7) is 7.08. The van der Waals surface area contributed by atoms with Gasteiger partial charge in [-0.1, -0.05) is 24.3 Å². The smallest absolute Gasteiger partial charge is 0.408 e. The van der Waals surface area contributed by atoms with Gasteiger partial charge in [0.05, 0.1) is 28.2 Å². The Kier molecular flexibility index (Phi) is 5.12. The summed E-state index contributed by atoms with van der Waals surface area (Å²) in [6.07, 6.45) is -1.11. The van der Waals surface area contributed by atoms with E-state index >= 15 is 0 Å². The molecule has 148 valence electrons. The minimum absolute atomic E-state index is 0.215. The molecule has 7 nitrogen and oxygen atoms in total. The summed E-state index contributed by atoms with van der Waals surface area (Å²) in [4.78, 5) is 31.4. The van der Waals surface area contributed by atoms with Crippen LogP contribution in [0.4, 0.5) is 4.79 Å². The minimum Gasteiger partial charge on any atom is -0.465 e. The molecule has 0 aliphatic heterocycles. The number of nitriles is 1. The number of nitrogens with zero attached hydrogens (tertiary/aromatic N) is 4. The van der Waals surface area contributed by atoms with Crippen LogP contribution in [0.25, 0.3) is 16.6 Å². The number of hydrogen-bond donors (Lipinski definition) is 1. The normalized spacial score (nSPS) is 12.4. The molecule has 1 amide bonds. The molecule has 1 N–H and O–H groups in total. The van der Waals surface area contributed by atoms with E-state index in [0.29, 0.717) is 17.0 Å². The molecule has 0 aliphatic carbocycles. The van der Waals surface area contributed by atoms with Gasteiger partial charge in [0, 0.05) is 5.54 Å². The van der Waals surface area contributed by atoms with E-state index < -0.39 is 23.2 Å². The first-order valence-corrected chi connectivity index (χ1v) is 9.20. The van der Waals surface area contributed by atoms with Crippen LogP contribution in [0.15, 0.2) is 53.3 Å². The highest BCUT2D eigenvalue weighted by molar-refractivity contribution is 5.84. The zero-order chi connectivity index (χ0) is 21.3. The Hall–Kier alpha value is -3.66. The summed E-state index contributed by atoms with van der Waals surface area (Å²) >= 11 is 0. The second-order valence-corrected chi connectivity index (χ2v) is 7.76. The molecule has 0 unspecified atom stereocenters. The summed E-state index contributed by atoms with van der Waals surface area (Å²) in [5.41, 5.74) is 0.0332. The minimum atomic E-state index is -1.11. The standard InChI is InChI=1S/C22H22N4O3/c1-14(26(21(28)29)22(2,3)4)19-24-17-12-8-9-15(13-23)18(17)20(27)25(19)16-10-6-5-7-11-16/h5-12,14H,1-4H3,(H,28,29)/t14-/m0/s1. The number of carbonyl (C=O) groups is 1. The fourth-order valence-corrected chi connectivity index (χ4v) is 3.60. The lowest BCUT2D eigenvalue weighted by Gasteiger charge is -2.38. The highest BCUT2D eigenvalue weighted by Crippen LogP contribution is 2.29. The monoisotopic (exact) mass is 390 g/mol. The van der Waals surface area contributed by atoms with Gasteiger partial charge in [-0.2, -0.15) is 5.26 Å².